The molecule has 2 atom stereocenters. The second kappa shape index (κ2) is 6.75. The lowest BCUT2D eigenvalue weighted by molar-refractivity contribution is -0.117. The standard InChI is InChI=1S/C20H21N3O2S/c1-11-3-4-12(25-2)7-14(11)15-8-16(15)19(24)23-20-17(9-21)13-5-6-22-10-18(13)26-20/h3-4,7,15-16,22H,5-6,8,10H2,1-2H3,(H,23,24). The smallest absolute Gasteiger partial charge is 0.228 e. The molecule has 1 aliphatic carbocycles. The van der Waals surface area contributed by atoms with Gasteiger partial charge in [0.1, 0.15) is 16.8 Å². The van der Waals surface area contributed by atoms with E-state index < -0.39 is 0 Å². The summed E-state index contributed by atoms with van der Waals surface area (Å²) in [7, 11) is 1.66. The van der Waals surface area contributed by atoms with E-state index in [0.717, 1.165) is 37.2 Å². The molecule has 0 radical (unpaired) electrons. The number of amides is 1. The number of carbonyl (C=O) groups excluding carboxylic acids is 1. The Balaban J connectivity index is 1.51. The van der Waals surface area contributed by atoms with Gasteiger partial charge in [0.25, 0.3) is 0 Å². The molecule has 2 aromatic rings. The van der Waals surface area contributed by atoms with Gasteiger partial charge in [-0.1, -0.05) is 6.07 Å². The first kappa shape index (κ1) is 17.1. The first-order valence-corrected chi connectivity index (χ1v) is 9.64. The van der Waals surface area contributed by atoms with Crippen molar-refractivity contribution in [3.05, 3.63) is 45.3 Å². The fourth-order valence-corrected chi connectivity index (χ4v) is 4.89. The summed E-state index contributed by atoms with van der Waals surface area (Å²) in [6, 6.07) is 8.30. The molecule has 2 N–H and O–H groups in total. The van der Waals surface area contributed by atoms with Crippen LogP contribution in [0.3, 0.4) is 0 Å². The minimum absolute atomic E-state index is 0.0141. The van der Waals surface area contributed by atoms with Crippen LogP contribution in [0.5, 0.6) is 5.75 Å². The van der Waals surface area contributed by atoms with Gasteiger partial charge < -0.3 is 15.4 Å². The zero-order valence-electron chi connectivity index (χ0n) is 14.9. The fraction of sp³-hybridized carbons (Fsp3) is 0.400. The van der Waals surface area contributed by atoms with Gasteiger partial charge in [-0.2, -0.15) is 5.26 Å². The predicted octanol–water partition coefficient (Wildman–Crippen LogP) is 3.32. The van der Waals surface area contributed by atoms with Gasteiger partial charge in [-0.3, -0.25) is 4.79 Å². The zero-order valence-corrected chi connectivity index (χ0v) is 15.7. The molecule has 2 aliphatic rings. The van der Waals surface area contributed by atoms with Gasteiger partial charge in [-0.25, -0.2) is 0 Å². The normalized spacial score (nSPS) is 20.8. The van der Waals surface area contributed by atoms with E-state index in [1.165, 1.54) is 27.3 Å². The van der Waals surface area contributed by atoms with Crippen molar-refractivity contribution in [2.45, 2.75) is 32.2 Å². The monoisotopic (exact) mass is 367 g/mol. The van der Waals surface area contributed by atoms with Gasteiger partial charge in [0, 0.05) is 17.3 Å². The topological polar surface area (TPSA) is 74.1 Å². The number of nitrogens with zero attached hydrogens (tertiary/aromatic N) is 1. The van der Waals surface area contributed by atoms with Crippen LogP contribution in [-0.2, 0) is 17.8 Å². The summed E-state index contributed by atoms with van der Waals surface area (Å²) in [5.41, 5.74) is 4.11. The summed E-state index contributed by atoms with van der Waals surface area (Å²) in [4.78, 5) is 13.9. The molecular weight excluding hydrogens is 346 g/mol. The number of hydrogen-bond donors (Lipinski definition) is 2. The summed E-state index contributed by atoms with van der Waals surface area (Å²) in [5.74, 6) is 1.03. The van der Waals surface area contributed by atoms with Crippen LogP contribution in [0.2, 0.25) is 0 Å². The quantitative estimate of drug-likeness (QED) is 0.869. The number of methoxy groups -OCH3 is 1. The molecule has 26 heavy (non-hydrogen) atoms. The second-order valence-corrected chi connectivity index (χ2v) is 8.01. The highest BCUT2D eigenvalue weighted by atomic mass is 32.1. The van der Waals surface area contributed by atoms with Gasteiger partial charge in [-0.05, 0) is 61.1 Å². The van der Waals surface area contributed by atoms with E-state index in [4.69, 9.17) is 4.74 Å². The van der Waals surface area contributed by atoms with Crippen molar-refractivity contribution in [1.82, 2.24) is 5.32 Å². The van der Waals surface area contributed by atoms with Crippen molar-refractivity contribution in [1.29, 1.82) is 5.26 Å². The molecule has 2 unspecified atom stereocenters. The van der Waals surface area contributed by atoms with Crippen molar-refractivity contribution in [2.24, 2.45) is 5.92 Å². The third-order valence-corrected chi connectivity index (χ3v) is 6.44. The number of nitriles is 1. The van der Waals surface area contributed by atoms with Crippen LogP contribution in [-0.4, -0.2) is 19.6 Å². The fourth-order valence-electron chi connectivity index (χ4n) is 3.72. The summed E-state index contributed by atoms with van der Waals surface area (Å²) >= 11 is 1.53. The van der Waals surface area contributed by atoms with E-state index in [-0.39, 0.29) is 17.7 Å². The number of rotatable bonds is 4. The van der Waals surface area contributed by atoms with E-state index in [1.54, 1.807) is 7.11 Å². The molecule has 1 fully saturated rings. The highest BCUT2D eigenvalue weighted by molar-refractivity contribution is 7.16. The third-order valence-electron chi connectivity index (χ3n) is 5.29. The second-order valence-electron chi connectivity index (χ2n) is 6.91. The summed E-state index contributed by atoms with van der Waals surface area (Å²) in [5, 5.41) is 16.6. The Morgan fingerprint density at radius 3 is 3.08 bits per heavy atom. The molecule has 1 aromatic heterocycles. The Kier molecular flexibility index (Phi) is 4.43. The largest absolute Gasteiger partial charge is 0.497 e. The first-order chi connectivity index (χ1) is 12.6. The lowest BCUT2D eigenvalue weighted by Crippen LogP contribution is -2.22. The van der Waals surface area contributed by atoms with E-state index in [9.17, 15) is 10.1 Å². The number of thiophene rings is 1. The number of carbonyl (C=O) groups is 1. The molecule has 0 bridgehead atoms. The van der Waals surface area contributed by atoms with Gasteiger partial charge in [0.05, 0.1) is 12.7 Å². The number of aryl methyl sites for hydroxylation is 1. The van der Waals surface area contributed by atoms with E-state index in [2.05, 4.69) is 23.6 Å². The number of ether oxygens (including phenoxy) is 1. The maximum absolute atomic E-state index is 12.7. The van der Waals surface area contributed by atoms with Crippen LogP contribution < -0.4 is 15.4 Å². The van der Waals surface area contributed by atoms with E-state index >= 15 is 0 Å². The van der Waals surface area contributed by atoms with Crippen LogP contribution >= 0.6 is 11.3 Å². The SMILES string of the molecule is COc1ccc(C)c(C2CC2C(=O)Nc2sc3c(c2C#N)CCNC3)c1. The Hall–Kier alpha value is -2.36. The average molecular weight is 367 g/mol. The van der Waals surface area contributed by atoms with Gasteiger partial charge >= 0.3 is 0 Å². The predicted molar refractivity (Wildman–Crippen MR) is 102 cm³/mol. The molecule has 1 amide bonds. The Bertz CT molecular complexity index is 913. The molecule has 6 heteroatoms. The maximum Gasteiger partial charge on any atom is 0.228 e. The minimum Gasteiger partial charge on any atom is -0.497 e. The number of hydrogen-bond acceptors (Lipinski definition) is 5. The van der Waals surface area contributed by atoms with Crippen LogP contribution in [0, 0.1) is 24.2 Å². The number of nitrogens with one attached hydrogen (secondary N) is 2. The average Bonchev–Trinajstić information content (AvgIpc) is 3.37. The molecule has 0 saturated heterocycles. The Labute approximate surface area is 157 Å². The van der Waals surface area contributed by atoms with Crippen molar-refractivity contribution >= 4 is 22.2 Å². The van der Waals surface area contributed by atoms with Crippen molar-refractivity contribution in [3.63, 3.8) is 0 Å². The molecular formula is C20H21N3O2S. The lowest BCUT2D eigenvalue weighted by atomic mass is 10.0. The summed E-state index contributed by atoms with van der Waals surface area (Å²) in [6.45, 7) is 3.72. The van der Waals surface area contributed by atoms with Gasteiger partial charge in [-0.15, -0.1) is 11.3 Å². The molecule has 2 heterocycles. The highest BCUT2D eigenvalue weighted by Crippen LogP contribution is 2.50. The maximum atomic E-state index is 12.7. The highest BCUT2D eigenvalue weighted by Gasteiger charge is 2.45. The summed E-state index contributed by atoms with van der Waals surface area (Å²) in [6.07, 6.45) is 1.69. The number of benzene rings is 1. The van der Waals surface area contributed by atoms with E-state index in [0.29, 0.717) is 10.6 Å². The molecule has 134 valence electrons. The first-order valence-electron chi connectivity index (χ1n) is 8.83. The van der Waals surface area contributed by atoms with Crippen LogP contribution in [0.4, 0.5) is 5.00 Å². The van der Waals surface area contributed by atoms with Crippen LogP contribution in [0.1, 0.15) is 39.5 Å². The molecule has 1 saturated carbocycles. The molecule has 1 aliphatic heterocycles. The Morgan fingerprint density at radius 1 is 1.46 bits per heavy atom. The van der Waals surface area contributed by atoms with Crippen molar-refractivity contribution in [2.75, 3.05) is 19.0 Å². The molecule has 0 spiro atoms. The number of fused-ring (bicyclic) bond motifs is 1. The van der Waals surface area contributed by atoms with Gasteiger partial charge in [0.15, 0.2) is 0 Å². The molecule has 4 rings (SSSR count). The number of anilines is 1. The van der Waals surface area contributed by atoms with Crippen LogP contribution in [0.15, 0.2) is 18.2 Å². The lowest BCUT2D eigenvalue weighted by Gasteiger charge is -2.11. The van der Waals surface area contributed by atoms with Crippen molar-refractivity contribution in [3.8, 4) is 11.8 Å². The Morgan fingerprint density at radius 2 is 2.31 bits per heavy atom. The minimum atomic E-state index is -0.0374. The molecule has 1 aromatic carbocycles. The van der Waals surface area contributed by atoms with Crippen LogP contribution in [0.25, 0.3) is 0 Å². The summed E-state index contributed by atoms with van der Waals surface area (Å²) < 4.78 is 5.32. The third kappa shape index (κ3) is 2.98. The van der Waals surface area contributed by atoms with E-state index in [1.807, 2.05) is 18.2 Å². The molecule has 5 nitrogen and oxygen atoms in total. The van der Waals surface area contributed by atoms with Crippen molar-refractivity contribution < 1.29 is 9.53 Å². The zero-order chi connectivity index (χ0) is 18.3. The van der Waals surface area contributed by atoms with Gasteiger partial charge in [0.2, 0.25) is 5.91 Å².